The van der Waals surface area contributed by atoms with Gasteiger partial charge in [-0.05, 0) is 43.0 Å². The number of anilines is 1. The maximum Gasteiger partial charge on any atom is 0.267 e. The SMILES string of the molecule is Cc1ccc2nc(NCCCn3ccnc3)c(/C=C3\SC(=S)N(CCc4ccccc4)C3=O)c(=O)n2c1. The van der Waals surface area contributed by atoms with E-state index in [-0.39, 0.29) is 11.5 Å². The van der Waals surface area contributed by atoms with Crippen LogP contribution in [0.1, 0.15) is 23.1 Å². The number of thiocarbonyl (C=S) groups is 1. The standard InChI is InChI=1S/C27H26N6O2S2/c1-19-8-9-23-30-24(29-11-5-13-31-15-12-28-18-31)21(25(34)33(23)17-19)16-22-26(35)32(27(36)37-22)14-10-20-6-3-2-4-7-20/h2-4,6-9,12,15-18,29H,5,10-11,13-14H2,1H3/b22-16-. The smallest absolute Gasteiger partial charge is 0.267 e. The second kappa shape index (κ2) is 11.1. The molecule has 0 saturated carbocycles. The largest absolute Gasteiger partial charge is 0.369 e. The lowest BCUT2D eigenvalue weighted by Gasteiger charge is -2.14. The van der Waals surface area contributed by atoms with Gasteiger partial charge in [0.05, 0.1) is 16.8 Å². The van der Waals surface area contributed by atoms with Crippen molar-refractivity contribution in [3.8, 4) is 0 Å². The molecule has 0 aliphatic carbocycles. The Morgan fingerprint density at radius 3 is 2.73 bits per heavy atom. The summed E-state index contributed by atoms with van der Waals surface area (Å²) < 4.78 is 4.01. The van der Waals surface area contributed by atoms with Gasteiger partial charge in [0.15, 0.2) is 0 Å². The predicted molar refractivity (Wildman–Crippen MR) is 152 cm³/mol. The molecule has 1 N–H and O–H groups in total. The zero-order valence-electron chi connectivity index (χ0n) is 20.3. The number of nitrogens with one attached hydrogen (secondary N) is 1. The molecule has 1 saturated heterocycles. The maximum atomic E-state index is 13.5. The molecule has 37 heavy (non-hydrogen) atoms. The maximum absolute atomic E-state index is 13.5. The minimum atomic E-state index is -0.236. The van der Waals surface area contributed by atoms with Crippen LogP contribution in [-0.4, -0.2) is 47.2 Å². The van der Waals surface area contributed by atoms with E-state index in [1.807, 2.05) is 60.2 Å². The second-order valence-corrected chi connectivity index (χ2v) is 10.4. The van der Waals surface area contributed by atoms with Gasteiger partial charge >= 0.3 is 0 Å². The molecule has 0 radical (unpaired) electrons. The minimum absolute atomic E-state index is 0.189. The zero-order chi connectivity index (χ0) is 25.8. The number of carbonyl (C=O) groups excluding carboxylic acids is 1. The van der Waals surface area contributed by atoms with E-state index in [4.69, 9.17) is 17.2 Å². The lowest BCUT2D eigenvalue weighted by Crippen LogP contribution is -2.30. The Labute approximate surface area is 224 Å². The summed E-state index contributed by atoms with van der Waals surface area (Å²) in [5.41, 5.74) is 2.72. The first-order chi connectivity index (χ1) is 18.0. The molecule has 0 atom stereocenters. The zero-order valence-corrected chi connectivity index (χ0v) is 22.0. The summed E-state index contributed by atoms with van der Waals surface area (Å²) in [5.74, 6) is 0.264. The molecule has 1 aliphatic rings. The van der Waals surface area contributed by atoms with Crippen LogP contribution in [0.15, 0.2) is 77.1 Å². The van der Waals surface area contributed by atoms with Crippen LogP contribution >= 0.6 is 24.0 Å². The molecule has 5 rings (SSSR count). The molecule has 4 aromatic rings. The molecule has 10 heteroatoms. The van der Waals surface area contributed by atoms with Crippen LogP contribution in [0.4, 0.5) is 5.82 Å². The topological polar surface area (TPSA) is 84.5 Å². The first kappa shape index (κ1) is 24.9. The van der Waals surface area contributed by atoms with Crippen molar-refractivity contribution in [3.63, 3.8) is 0 Å². The average molecular weight is 531 g/mol. The fraction of sp³-hybridized carbons (Fsp3) is 0.222. The summed E-state index contributed by atoms with van der Waals surface area (Å²) >= 11 is 6.74. The van der Waals surface area contributed by atoms with Crippen molar-refractivity contribution in [2.45, 2.75) is 26.3 Å². The first-order valence-electron chi connectivity index (χ1n) is 12.0. The van der Waals surface area contributed by atoms with Gasteiger partial charge in [0.2, 0.25) is 0 Å². The van der Waals surface area contributed by atoms with Crippen LogP contribution in [0.5, 0.6) is 0 Å². The molecule has 1 amide bonds. The molecule has 4 heterocycles. The van der Waals surface area contributed by atoms with Gasteiger partial charge in [-0.25, -0.2) is 9.97 Å². The van der Waals surface area contributed by atoms with E-state index in [0.717, 1.165) is 24.1 Å². The molecule has 1 fully saturated rings. The lowest BCUT2D eigenvalue weighted by molar-refractivity contribution is -0.122. The number of hydrogen-bond acceptors (Lipinski definition) is 7. The molecule has 0 spiro atoms. The number of thioether (sulfide) groups is 1. The number of benzene rings is 1. The van der Waals surface area contributed by atoms with Crippen molar-refractivity contribution in [1.82, 2.24) is 23.8 Å². The molecular weight excluding hydrogens is 504 g/mol. The van der Waals surface area contributed by atoms with Crippen LogP contribution in [-0.2, 0) is 17.8 Å². The van der Waals surface area contributed by atoms with E-state index < -0.39 is 0 Å². The summed E-state index contributed by atoms with van der Waals surface area (Å²) in [6, 6.07) is 13.7. The number of fused-ring (bicyclic) bond motifs is 1. The number of hydrogen-bond donors (Lipinski definition) is 1. The minimum Gasteiger partial charge on any atom is -0.369 e. The first-order valence-corrected chi connectivity index (χ1v) is 13.2. The number of amides is 1. The van der Waals surface area contributed by atoms with E-state index in [0.29, 0.717) is 45.8 Å². The van der Waals surface area contributed by atoms with Gasteiger partial charge in [0.25, 0.3) is 11.5 Å². The molecule has 1 aliphatic heterocycles. The lowest BCUT2D eigenvalue weighted by atomic mass is 10.1. The van der Waals surface area contributed by atoms with Crippen LogP contribution in [0.3, 0.4) is 0 Å². The molecule has 3 aromatic heterocycles. The van der Waals surface area contributed by atoms with Crippen molar-refractivity contribution in [1.29, 1.82) is 0 Å². The number of rotatable bonds is 9. The Morgan fingerprint density at radius 1 is 1.11 bits per heavy atom. The number of aromatic nitrogens is 4. The fourth-order valence-electron chi connectivity index (χ4n) is 4.12. The van der Waals surface area contributed by atoms with Gasteiger partial charge in [-0.3, -0.25) is 18.9 Å². The summed E-state index contributed by atoms with van der Waals surface area (Å²) in [6.45, 7) is 3.80. The second-order valence-electron chi connectivity index (χ2n) is 8.76. The van der Waals surface area contributed by atoms with Gasteiger partial charge < -0.3 is 9.88 Å². The highest BCUT2D eigenvalue weighted by Gasteiger charge is 2.32. The van der Waals surface area contributed by atoms with Crippen molar-refractivity contribution < 1.29 is 4.79 Å². The summed E-state index contributed by atoms with van der Waals surface area (Å²) in [6.07, 6.45) is 10.3. The van der Waals surface area contributed by atoms with Gasteiger partial charge in [-0.15, -0.1) is 0 Å². The number of aryl methyl sites for hydroxylation is 2. The van der Waals surface area contributed by atoms with E-state index in [1.165, 1.54) is 16.2 Å². The highest BCUT2D eigenvalue weighted by Crippen LogP contribution is 2.33. The predicted octanol–water partition coefficient (Wildman–Crippen LogP) is 4.15. The summed E-state index contributed by atoms with van der Waals surface area (Å²) in [4.78, 5) is 37.6. The number of imidazole rings is 1. The Balaban J connectivity index is 1.41. The van der Waals surface area contributed by atoms with E-state index >= 15 is 0 Å². The third-order valence-corrected chi connectivity index (χ3v) is 7.44. The van der Waals surface area contributed by atoms with E-state index in [2.05, 4.69) is 10.3 Å². The van der Waals surface area contributed by atoms with Gasteiger partial charge in [0.1, 0.15) is 15.8 Å². The normalized spacial score (nSPS) is 14.7. The molecule has 0 bridgehead atoms. The van der Waals surface area contributed by atoms with Crippen LogP contribution in [0.25, 0.3) is 11.7 Å². The van der Waals surface area contributed by atoms with E-state index in [1.54, 1.807) is 29.7 Å². The molecule has 188 valence electrons. The molecule has 8 nitrogen and oxygen atoms in total. The van der Waals surface area contributed by atoms with Crippen molar-refractivity contribution in [2.24, 2.45) is 0 Å². The Bertz CT molecular complexity index is 1530. The number of pyridine rings is 1. The molecule has 1 aromatic carbocycles. The highest BCUT2D eigenvalue weighted by molar-refractivity contribution is 8.26. The van der Waals surface area contributed by atoms with Gasteiger partial charge in [-0.1, -0.05) is 60.4 Å². The number of nitrogens with zero attached hydrogens (tertiary/aromatic N) is 5. The Hall–Kier alpha value is -3.76. The van der Waals surface area contributed by atoms with Crippen molar-refractivity contribution in [2.75, 3.05) is 18.4 Å². The molecule has 0 unspecified atom stereocenters. The average Bonchev–Trinajstić information content (AvgIpc) is 3.51. The quantitative estimate of drug-likeness (QED) is 0.198. The summed E-state index contributed by atoms with van der Waals surface area (Å²) in [5, 5.41) is 3.31. The van der Waals surface area contributed by atoms with Crippen molar-refractivity contribution in [3.05, 3.63) is 99.3 Å². The van der Waals surface area contributed by atoms with Crippen LogP contribution < -0.4 is 10.9 Å². The van der Waals surface area contributed by atoms with Crippen molar-refractivity contribution >= 4 is 51.7 Å². The van der Waals surface area contributed by atoms with Gasteiger partial charge in [-0.2, -0.15) is 0 Å². The highest BCUT2D eigenvalue weighted by atomic mass is 32.2. The van der Waals surface area contributed by atoms with Crippen LogP contribution in [0.2, 0.25) is 0 Å². The Morgan fingerprint density at radius 2 is 1.95 bits per heavy atom. The summed E-state index contributed by atoms with van der Waals surface area (Å²) in [7, 11) is 0. The third kappa shape index (κ3) is 5.65. The van der Waals surface area contributed by atoms with Crippen LogP contribution in [0, 0.1) is 6.92 Å². The fourth-order valence-corrected chi connectivity index (χ4v) is 5.41. The Kier molecular flexibility index (Phi) is 7.47. The third-order valence-electron chi connectivity index (χ3n) is 6.07. The molecular formula is C27H26N6O2S2. The van der Waals surface area contributed by atoms with Gasteiger partial charge in [0, 0.05) is 38.2 Å². The number of carbonyl (C=O) groups is 1. The van der Waals surface area contributed by atoms with E-state index in [9.17, 15) is 9.59 Å². The monoisotopic (exact) mass is 530 g/mol.